The molecular weight excluding hydrogens is 575 g/mol. The van der Waals surface area contributed by atoms with Gasteiger partial charge in [0.05, 0.1) is 26.6 Å². The van der Waals surface area contributed by atoms with E-state index in [1.807, 2.05) is 30.3 Å². The van der Waals surface area contributed by atoms with Crippen molar-refractivity contribution in [3.05, 3.63) is 42.2 Å². The number of ether oxygens (including phenoxy) is 3. The van der Waals surface area contributed by atoms with Crippen LogP contribution in [0.2, 0.25) is 0 Å². The summed E-state index contributed by atoms with van der Waals surface area (Å²) in [4.78, 5) is 25.3. The van der Waals surface area contributed by atoms with Gasteiger partial charge in [0.25, 0.3) is 0 Å². The number of anilines is 1. The van der Waals surface area contributed by atoms with E-state index in [1.54, 1.807) is 4.57 Å². The first-order chi connectivity index (χ1) is 19.6. The van der Waals surface area contributed by atoms with Gasteiger partial charge in [0, 0.05) is 5.75 Å². The van der Waals surface area contributed by atoms with Gasteiger partial charge in [0.2, 0.25) is 11.8 Å². The summed E-state index contributed by atoms with van der Waals surface area (Å²) in [6, 6.07) is 8.46. The Bertz CT molecular complexity index is 1430. The Morgan fingerprint density at radius 1 is 1.34 bits per heavy atom. The second-order valence-electron chi connectivity index (χ2n) is 10.0. The monoisotopic (exact) mass is 608 g/mol. The van der Waals surface area contributed by atoms with Crippen molar-refractivity contribution >= 4 is 41.2 Å². The van der Waals surface area contributed by atoms with Crippen LogP contribution in [-0.2, 0) is 36.5 Å². The van der Waals surface area contributed by atoms with Crippen molar-refractivity contribution in [2.45, 2.75) is 62.9 Å². The predicted octanol–water partition coefficient (Wildman–Crippen LogP) is 1.65. The van der Waals surface area contributed by atoms with E-state index in [-0.39, 0.29) is 31.6 Å². The first kappa shape index (κ1) is 29.7. The number of nitrogens with zero attached hydrogens (tertiary/aromatic N) is 4. The van der Waals surface area contributed by atoms with Crippen molar-refractivity contribution < 1.29 is 38.3 Å². The van der Waals surface area contributed by atoms with Crippen LogP contribution in [-0.4, -0.2) is 85.1 Å². The topological polar surface area (TPSA) is 193 Å². The third-order valence-corrected chi connectivity index (χ3v) is 11.2. The van der Waals surface area contributed by atoms with Gasteiger partial charge in [0.15, 0.2) is 11.2 Å². The summed E-state index contributed by atoms with van der Waals surface area (Å²) < 4.78 is 37.7. The number of nitrogens with two attached hydrogens (primary N) is 1. The molecule has 2 saturated heterocycles. The zero-order valence-corrected chi connectivity index (χ0v) is 24.3. The Morgan fingerprint density at radius 2 is 2.12 bits per heavy atom. The average Bonchev–Trinajstić information content (AvgIpc) is 3.36. The lowest BCUT2D eigenvalue weighted by Gasteiger charge is -2.27. The summed E-state index contributed by atoms with van der Waals surface area (Å²) in [5, 5.41) is 24.9. The Labute approximate surface area is 240 Å². The molecule has 0 radical (unpaired) electrons. The minimum absolute atomic E-state index is 0.0122. The number of aliphatic hydroxyl groups is 2. The lowest BCUT2D eigenvalue weighted by Crippen LogP contribution is -2.47. The van der Waals surface area contributed by atoms with E-state index in [0.29, 0.717) is 29.8 Å². The van der Waals surface area contributed by atoms with Crippen LogP contribution in [0.25, 0.3) is 11.2 Å². The molecule has 2 aliphatic rings. The zero-order chi connectivity index (χ0) is 29.2. The fraction of sp³-hybridized carbons (Fsp3) is 0.520. The van der Waals surface area contributed by atoms with Crippen molar-refractivity contribution in [2.75, 3.05) is 25.2 Å². The Kier molecular flexibility index (Phi) is 8.85. The molecular formula is C25H33N6O8PS. The molecule has 2 aliphatic heterocycles. The third-order valence-electron chi connectivity index (χ3n) is 7.08. The summed E-state index contributed by atoms with van der Waals surface area (Å²) in [5.74, 6) is 0.177. The van der Waals surface area contributed by atoms with E-state index in [0.717, 1.165) is 16.9 Å². The van der Waals surface area contributed by atoms with Gasteiger partial charge in [-0.25, -0.2) is 10.1 Å². The number of esters is 1. The molecule has 0 spiro atoms. The first-order valence-electron chi connectivity index (χ1n) is 13.1. The number of hydrogen-bond donors (Lipinski definition) is 4. The lowest BCUT2D eigenvalue weighted by atomic mass is 9.93. The molecule has 222 valence electrons. The fourth-order valence-corrected chi connectivity index (χ4v) is 8.59. The minimum Gasteiger partial charge on any atom is -0.479 e. The van der Waals surface area contributed by atoms with Gasteiger partial charge in [-0.3, -0.25) is 9.36 Å². The van der Waals surface area contributed by atoms with Crippen molar-refractivity contribution in [2.24, 2.45) is 0 Å². The van der Waals surface area contributed by atoms with Gasteiger partial charge in [-0.15, -0.1) is 0 Å². The van der Waals surface area contributed by atoms with E-state index in [2.05, 4.69) is 20.0 Å². The van der Waals surface area contributed by atoms with Crippen LogP contribution in [0.15, 0.2) is 36.7 Å². The Morgan fingerprint density at radius 3 is 2.88 bits per heavy atom. The van der Waals surface area contributed by atoms with E-state index in [1.165, 1.54) is 20.4 Å². The van der Waals surface area contributed by atoms with Gasteiger partial charge in [-0.2, -0.15) is 9.97 Å². The van der Waals surface area contributed by atoms with Gasteiger partial charge in [-0.05, 0) is 25.3 Å². The largest absolute Gasteiger partial charge is 0.479 e. The van der Waals surface area contributed by atoms with Crippen LogP contribution in [0.1, 0.15) is 25.3 Å². The van der Waals surface area contributed by atoms with Crippen LogP contribution in [0.5, 0.6) is 5.88 Å². The Hall–Kier alpha value is -2.78. The number of benzene rings is 1. The summed E-state index contributed by atoms with van der Waals surface area (Å²) >= 11 is 1.08. The van der Waals surface area contributed by atoms with Crippen LogP contribution in [0.3, 0.4) is 0 Å². The molecule has 1 aromatic carbocycles. The Balaban J connectivity index is 1.22. The average molecular weight is 609 g/mol. The van der Waals surface area contributed by atoms with E-state index >= 15 is 0 Å². The smallest absolute Gasteiger partial charge is 0.327 e. The summed E-state index contributed by atoms with van der Waals surface area (Å²) in [7, 11) is 1.44. The maximum atomic E-state index is 13.6. The number of hydrogen-bond acceptors (Lipinski definition) is 13. The number of methoxy groups -OCH3 is 1. The molecule has 6 unspecified atom stereocenters. The van der Waals surface area contributed by atoms with Crippen molar-refractivity contribution in [3.8, 4) is 5.88 Å². The molecule has 14 nitrogen and oxygen atoms in total. The zero-order valence-electron chi connectivity index (χ0n) is 22.6. The fourth-order valence-electron chi connectivity index (χ4n) is 4.75. The van der Waals surface area contributed by atoms with Crippen molar-refractivity contribution in [3.63, 3.8) is 0 Å². The number of imidazole rings is 1. The third kappa shape index (κ3) is 6.51. The highest BCUT2D eigenvalue weighted by molar-refractivity contribution is 8.56. The van der Waals surface area contributed by atoms with E-state index < -0.39 is 42.6 Å². The summed E-state index contributed by atoms with van der Waals surface area (Å²) in [5.41, 5.74) is 5.71. The molecule has 0 bridgehead atoms. The predicted molar refractivity (Wildman–Crippen MR) is 150 cm³/mol. The van der Waals surface area contributed by atoms with Crippen LogP contribution >= 0.6 is 18.1 Å². The molecule has 0 saturated carbocycles. The molecule has 6 atom stereocenters. The second-order valence-corrected chi connectivity index (χ2v) is 14.4. The number of nitrogen functional groups attached to an aromatic ring is 1. The number of aromatic nitrogens is 4. The highest BCUT2D eigenvalue weighted by Crippen LogP contribution is 2.58. The van der Waals surface area contributed by atoms with E-state index in [4.69, 9.17) is 24.5 Å². The molecule has 2 aromatic heterocycles. The second kappa shape index (κ2) is 12.2. The standard InChI is InChI=1S/C25H33N6O8PS/c1-25(34)18(11-31-14-27-19-21(31)28-24(26)29-22(19)36-2)39-17(20(25)32)13-38-40(35)30-16(9-6-10-41-40)23(33)37-12-15-7-4-3-5-8-15/h3-5,7-8,14,16-18,20,32,34H,6,9-13H2,1-2H3,(H,30,35)(H2,26,28,29). The molecule has 0 amide bonds. The lowest BCUT2D eigenvalue weighted by molar-refractivity contribution is -0.147. The number of aliphatic hydroxyl groups excluding tert-OH is 1. The highest BCUT2D eigenvalue weighted by Gasteiger charge is 2.53. The van der Waals surface area contributed by atoms with Gasteiger partial charge in [0.1, 0.15) is 36.6 Å². The molecule has 5 N–H and O–H groups in total. The van der Waals surface area contributed by atoms with Gasteiger partial charge < -0.3 is 39.2 Å². The van der Waals surface area contributed by atoms with Crippen molar-refractivity contribution in [1.29, 1.82) is 0 Å². The van der Waals surface area contributed by atoms with Gasteiger partial charge >= 0.3 is 12.7 Å². The maximum Gasteiger partial charge on any atom is 0.327 e. The highest BCUT2D eigenvalue weighted by atomic mass is 32.7. The summed E-state index contributed by atoms with van der Waals surface area (Å²) in [6.07, 6.45) is -0.705. The molecule has 5 rings (SSSR count). The van der Waals surface area contributed by atoms with Crippen LogP contribution in [0, 0.1) is 0 Å². The first-order valence-corrected chi connectivity index (χ1v) is 16.3. The van der Waals surface area contributed by atoms with Crippen molar-refractivity contribution in [1.82, 2.24) is 24.6 Å². The molecule has 4 heterocycles. The number of carbonyl (C=O) groups excluding carboxylic acids is 1. The molecule has 2 fully saturated rings. The molecule has 0 aliphatic carbocycles. The number of rotatable bonds is 9. The van der Waals surface area contributed by atoms with Crippen LogP contribution in [0.4, 0.5) is 5.95 Å². The quantitative estimate of drug-likeness (QED) is 0.202. The molecule has 3 aromatic rings. The minimum atomic E-state index is -3.57. The normalized spacial score (nSPS) is 30.2. The summed E-state index contributed by atoms with van der Waals surface area (Å²) in [6.45, 7) is -2.24. The number of nitrogens with one attached hydrogen (secondary N) is 1. The maximum absolute atomic E-state index is 13.6. The SMILES string of the molecule is COc1nc(N)nc2c1ncn2CC1OC(COP2(=O)NC(C(=O)OCc3ccccc3)CCCS2)C(O)C1(C)O. The van der Waals surface area contributed by atoms with E-state index in [9.17, 15) is 19.6 Å². The van der Waals surface area contributed by atoms with Gasteiger partial charge in [-0.1, -0.05) is 41.7 Å². The number of carbonyl (C=O) groups is 1. The van der Waals surface area contributed by atoms with Crippen LogP contribution < -0.4 is 15.6 Å². The number of fused-ring (bicyclic) bond motifs is 1. The molecule has 16 heteroatoms. The molecule has 41 heavy (non-hydrogen) atoms.